The van der Waals surface area contributed by atoms with Crippen molar-refractivity contribution in [3.05, 3.63) is 48.0 Å². The van der Waals surface area contributed by atoms with Crippen LogP contribution in [-0.2, 0) is 41.4 Å². The molecule has 2 aliphatic rings. The van der Waals surface area contributed by atoms with Crippen LogP contribution in [0.2, 0.25) is 0 Å². The summed E-state index contributed by atoms with van der Waals surface area (Å²) >= 11 is 0. The van der Waals surface area contributed by atoms with E-state index in [9.17, 15) is 14.4 Å². The molecule has 0 bridgehead atoms. The standard InChI is InChI=1S/C15H22N2O2.C14H21N3O2.C4H8O2/c1-3-19-15(18)10-13-9-14(6-7-16-13)17-8-4-5-12(2)11-17;1-2-19-14(18)9-12-8-13(5-6-16-12)17-7-3-4-11(15)10-17;1-3-6-4(2)5/h6-7,9,12H,3-5,8,10-11H2,1-2H3;5-6,8,11H,2-4,7,9-10,15H2,1H3;3H2,1-2H3/t12-;11-;/m11./s1. The van der Waals surface area contributed by atoms with Gasteiger partial charge in [-0.25, -0.2) is 0 Å². The number of pyridine rings is 2. The Bertz CT molecular complexity index is 1080. The Morgan fingerprint density at radius 1 is 0.795 bits per heavy atom. The molecule has 0 unspecified atom stereocenters. The van der Waals surface area contributed by atoms with Crippen molar-refractivity contribution in [1.29, 1.82) is 0 Å². The Balaban J connectivity index is 0.000000260. The van der Waals surface area contributed by atoms with Crippen molar-refractivity contribution in [1.82, 2.24) is 9.97 Å². The summed E-state index contributed by atoms with van der Waals surface area (Å²) < 4.78 is 14.3. The van der Waals surface area contributed by atoms with Crippen molar-refractivity contribution >= 4 is 29.3 Å². The van der Waals surface area contributed by atoms with Crippen LogP contribution in [0.3, 0.4) is 0 Å². The average molecular weight is 614 g/mol. The third kappa shape index (κ3) is 14.2. The lowest BCUT2D eigenvalue weighted by Crippen LogP contribution is -2.42. The third-order valence-corrected chi connectivity index (χ3v) is 7.05. The van der Waals surface area contributed by atoms with Gasteiger partial charge in [0.05, 0.1) is 44.1 Å². The molecule has 0 radical (unpaired) electrons. The molecule has 244 valence electrons. The summed E-state index contributed by atoms with van der Waals surface area (Å²) in [5, 5.41) is 0. The summed E-state index contributed by atoms with van der Waals surface area (Å²) in [6.07, 6.45) is 8.72. The lowest BCUT2D eigenvalue weighted by Gasteiger charge is -2.32. The molecular formula is C33H51N5O6. The van der Waals surface area contributed by atoms with Gasteiger partial charge in [-0.15, -0.1) is 0 Å². The summed E-state index contributed by atoms with van der Waals surface area (Å²) in [5.74, 6) is 0.0783. The Morgan fingerprint density at radius 3 is 1.68 bits per heavy atom. The fourth-order valence-corrected chi connectivity index (χ4v) is 5.11. The van der Waals surface area contributed by atoms with Gasteiger partial charge in [0.1, 0.15) is 0 Å². The van der Waals surface area contributed by atoms with Gasteiger partial charge in [-0.1, -0.05) is 6.92 Å². The quantitative estimate of drug-likeness (QED) is 0.323. The van der Waals surface area contributed by atoms with Crippen LogP contribution in [0.5, 0.6) is 0 Å². The molecule has 2 saturated heterocycles. The Morgan fingerprint density at radius 2 is 1.27 bits per heavy atom. The first kappa shape index (κ1) is 36.5. The number of ether oxygens (including phenoxy) is 3. The summed E-state index contributed by atoms with van der Waals surface area (Å²) in [4.78, 5) is 45.9. The van der Waals surface area contributed by atoms with Crippen molar-refractivity contribution in [3.63, 3.8) is 0 Å². The molecule has 4 rings (SSSR count). The molecular weight excluding hydrogens is 562 g/mol. The van der Waals surface area contributed by atoms with Crippen molar-refractivity contribution < 1.29 is 28.6 Å². The number of carbonyl (C=O) groups excluding carboxylic acids is 3. The Kier molecular flexibility index (Phi) is 16.8. The average Bonchev–Trinajstić information content (AvgIpc) is 2.98. The highest BCUT2D eigenvalue weighted by Gasteiger charge is 2.19. The number of hydrogen-bond donors (Lipinski definition) is 1. The smallest absolute Gasteiger partial charge is 0.311 e. The maximum absolute atomic E-state index is 11.5. The van der Waals surface area contributed by atoms with E-state index in [2.05, 4.69) is 31.4 Å². The molecule has 11 heteroatoms. The zero-order valence-electron chi connectivity index (χ0n) is 27.1. The third-order valence-electron chi connectivity index (χ3n) is 7.05. The van der Waals surface area contributed by atoms with E-state index in [1.54, 1.807) is 26.2 Å². The number of carbonyl (C=O) groups is 3. The van der Waals surface area contributed by atoms with Crippen molar-refractivity contribution in [2.45, 2.75) is 79.2 Å². The van der Waals surface area contributed by atoms with Gasteiger partial charge >= 0.3 is 17.9 Å². The molecule has 11 nitrogen and oxygen atoms in total. The van der Waals surface area contributed by atoms with Gasteiger partial charge in [-0.05, 0) is 76.6 Å². The van der Waals surface area contributed by atoms with E-state index in [0.717, 1.165) is 62.0 Å². The number of aromatic nitrogens is 2. The van der Waals surface area contributed by atoms with E-state index in [1.165, 1.54) is 25.5 Å². The minimum atomic E-state index is -0.234. The van der Waals surface area contributed by atoms with Gasteiger partial charge in [-0.3, -0.25) is 24.4 Å². The normalized spacial score (nSPS) is 17.7. The van der Waals surface area contributed by atoms with E-state index in [-0.39, 0.29) is 36.8 Å². The molecule has 4 heterocycles. The fourth-order valence-electron chi connectivity index (χ4n) is 5.11. The summed E-state index contributed by atoms with van der Waals surface area (Å²) in [7, 11) is 0. The second-order valence-corrected chi connectivity index (χ2v) is 10.9. The minimum absolute atomic E-state index is 0.209. The topological polar surface area (TPSA) is 137 Å². The molecule has 2 fully saturated rings. The number of nitrogens with two attached hydrogens (primary N) is 1. The van der Waals surface area contributed by atoms with E-state index < -0.39 is 0 Å². The maximum atomic E-state index is 11.5. The first-order valence-electron chi connectivity index (χ1n) is 15.7. The highest BCUT2D eigenvalue weighted by Crippen LogP contribution is 2.23. The van der Waals surface area contributed by atoms with E-state index in [4.69, 9.17) is 15.2 Å². The molecule has 0 saturated carbocycles. The SMILES string of the molecule is CCOC(=O)Cc1cc(N2CCC[C@@H](C)C2)ccn1.CCOC(=O)Cc1cc(N2CCC[C@@H](N)C2)ccn1.CCOC(C)=O. The molecule has 0 aromatic carbocycles. The van der Waals surface area contributed by atoms with Crippen molar-refractivity contribution in [2.75, 3.05) is 55.8 Å². The second-order valence-electron chi connectivity index (χ2n) is 10.9. The lowest BCUT2D eigenvalue weighted by molar-refractivity contribution is -0.143. The molecule has 2 N–H and O–H groups in total. The van der Waals surface area contributed by atoms with Crippen LogP contribution in [0.4, 0.5) is 11.4 Å². The number of rotatable bonds is 9. The van der Waals surface area contributed by atoms with Crippen LogP contribution in [0.25, 0.3) is 0 Å². The fraction of sp³-hybridized carbons (Fsp3) is 0.606. The summed E-state index contributed by atoms with van der Waals surface area (Å²) in [5.41, 5.74) is 9.78. The van der Waals surface area contributed by atoms with Gasteiger partial charge in [0, 0.05) is 62.9 Å². The van der Waals surface area contributed by atoms with Gasteiger partial charge in [0.15, 0.2) is 0 Å². The number of esters is 3. The number of nitrogens with zero attached hydrogens (tertiary/aromatic N) is 4. The van der Waals surface area contributed by atoms with E-state index >= 15 is 0 Å². The molecule has 0 aliphatic carbocycles. The summed E-state index contributed by atoms with van der Waals surface area (Å²) in [6.45, 7) is 14.4. The van der Waals surface area contributed by atoms with Crippen LogP contribution in [0.1, 0.15) is 71.7 Å². The molecule has 2 aromatic heterocycles. The van der Waals surface area contributed by atoms with E-state index in [0.29, 0.717) is 19.8 Å². The molecule has 0 amide bonds. The summed E-state index contributed by atoms with van der Waals surface area (Å²) in [6, 6.07) is 8.18. The highest BCUT2D eigenvalue weighted by molar-refractivity contribution is 5.73. The number of piperidine rings is 2. The molecule has 2 atom stereocenters. The second kappa shape index (κ2) is 20.3. The van der Waals surface area contributed by atoms with Gasteiger partial charge in [-0.2, -0.15) is 0 Å². The van der Waals surface area contributed by atoms with Crippen LogP contribution >= 0.6 is 0 Å². The van der Waals surface area contributed by atoms with Crippen LogP contribution in [-0.4, -0.2) is 79.9 Å². The molecule has 2 aliphatic heterocycles. The van der Waals surface area contributed by atoms with Crippen LogP contribution < -0.4 is 15.5 Å². The maximum Gasteiger partial charge on any atom is 0.311 e. The zero-order valence-corrected chi connectivity index (χ0v) is 27.1. The largest absolute Gasteiger partial charge is 0.466 e. The first-order chi connectivity index (χ1) is 21.1. The van der Waals surface area contributed by atoms with Gasteiger partial charge in [0.2, 0.25) is 0 Å². The van der Waals surface area contributed by atoms with Gasteiger partial charge in [0.25, 0.3) is 0 Å². The zero-order chi connectivity index (χ0) is 32.3. The Hall–Kier alpha value is -3.73. The minimum Gasteiger partial charge on any atom is -0.466 e. The number of hydrogen-bond acceptors (Lipinski definition) is 11. The van der Waals surface area contributed by atoms with Gasteiger partial charge < -0.3 is 29.7 Å². The molecule has 44 heavy (non-hydrogen) atoms. The number of anilines is 2. The monoisotopic (exact) mass is 613 g/mol. The highest BCUT2D eigenvalue weighted by atomic mass is 16.5. The van der Waals surface area contributed by atoms with E-state index in [1.807, 2.05) is 31.2 Å². The van der Waals surface area contributed by atoms with Crippen LogP contribution in [0, 0.1) is 5.92 Å². The Labute approximate surface area is 262 Å². The first-order valence-corrected chi connectivity index (χ1v) is 15.7. The van der Waals surface area contributed by atoms with Crippen molar-refractivity contribution in [2.24, 2.45) is 11.7 Å². The predicted octanol–water partition coefficient (Wildman–Crippen LogP) is 4.11. The lowest BCUT2D eigenvalue weighted by atomic mass is 10.00. The molecule has 2 aromatic rings. The van der Waals surface area contributed by atoms with Crippen molar-refractivity contribution in [3.8, 4) is 0 Å². The van der Waals surface area contributed by atoms with Crippen LogP contribution in [0.15, 0.2) is 36.7 Å². The molecule has 0 spiro atoms. The predicted molar refractivity (Wildman–Crippen MR) is 171 cm³/mol.